The number of carboxylic acid groups (broad SMARTS) is 1. The van der Waals surface area contributed by atoms with E-state index in [4.69, 9.17) is 0 Å². The van der Waals surface area contributed by atoms with Gasteiger partial charge in [0.05, 0.1) is 6.04 Å². The fourth-order valence-corrected chi connectivity index (χ4v) is 3.18. The highest BCUT2D eigenvalue weighted by Gasteiger charge is 2.27. The van der Waals surface area contributed by atoms with Gasteiger partial charge in [0.1, 0.15) is 11.9 Å². The summed E-state index contributed by atoms with van der Waals surface area (Å²) < 4.78 is 13.0. The van der Waals surface area contributed by atoms with Crippen molar-refractivity contribution >= 4 is 17.7 Å². The summed E-state index contributed by atoms with van der Waals surface area (Å²) in [4.78, 5) is 36.1. The van der Waals surface area contributed by atoms with Crippen molar-refractivity contribution in [2.24, 2.45) is 0 Å². The molecule has 0 saturated carbocycles. The van der Waals surface area contributed by atoms with Crippen LogP contribution in [-0.2, 0) is 16.0 Å². The van der Waals surface area contributed by atoms with Crippen molar-refractivity contribution in [2.75, 3.05) is 6.54 Å². The molecule has 1 aliphatic heterocycles. The minimum Gasteiger partial charge on any atom is -0.480 e. The van der Waals surface area contributed by atoms with E-state index in [1.165, 1.54) is 24.3 Å². The van der Waals surface area contributed by atoms with Gasteiger partial charge in [-0.1, -0.05) is 24.3 Å². The van der Waals surface area contributed by atoms with Gasteiger partial charge in [-0.15, -0.1) is 0 Å². The summed E-state index contributed by atoms with van der Waals surface area (Å²) in [6.45, 7) is 0.749. The maximum Gasteiger partial charge on any atom is 0.326 e. The average Bonchev–Trinajstić information content (AvgIpc) is 3.23. The average molecular weight is 384 g/mol. The number of carboxylic acids is 1. The van der Waals surface area contributed by atoms with Gasteiger partial charge < -0.3 is 15.7 Å². The van der Waals surface area contributed by atoms with Crippen LogP contribution in [0.5, 0.6) is 0 Å². The summed E-state index contributed by atoms with van der Waals surface area (Å²) in [5.74, 6) is -2.09. The molecular formula is C21H21FN2O4. The van der Waals surface area contributed by atoms with Gasteiger partial charge in [-0.2, -0.15) is 0 Å². The Labute approximate surface area is 161 Å². The number of hydrogen-bond donors (Lipinski definition) is 3. The molecule has 6 nitrogen and oxygen atoms in total. The summed E-state index contributed by atoms with van der Waals surface area (Å²) in [6.07, 6.45) is 1.69. The van der Waals surface area contributed by atoms with Gasteiger partial charge in [0, 0.05) is 17.5 Å². The molecule has 2 atom stereocenters. The maximum atomic E-state index is 13.0. The van der Waals surface area contributed by atoms with Crippen LogP contribution in [0.25, 0.3) is 0 Å². The van der Waals surface area contributed by atoms with Crippen LogP contribution in [0.3, 0.4) is 0 Å². The normalized spacial score (nSPS) is 17.1. The molecule has 2 aromatic rings. The largest absolute Gasteiger partial charge is 0.480 e. The van der Waals surface area contributed by atoms with E-state index in [1.54, 1.807) is 24.3 Å². The first-order valence-electron chi connectivity index (χ1n) is 9.10. The molecule has 1 amide bonds. The second-order valence-electron chi connectivity index (χ2n) is 6.79. The van der Waals surface area contributed by atoms with Crippen LogP contribution >= 0.6 is 0 Å². The number of nitrogens with one attached hydrogen (secondary N) is 2. The number of carbonyl (C=O) groups excluding carboxylic acids is 2. The zero-order chi connectivity index (χ0) is 20.1. The van der Waals surface area contributed by atoms with Crippen molar-refractivity contribution < 1.29 is 23.9 Å². The molecule has 2 aromatic carbocycles. The Morgan fingerprint density at radius 3 is 2.21 bits per heavy atom. The Bertz CT molecular complexity index is 859. The standard InChI is InChI=1S/C21H21FN2O4/c22-16-9-7-15(8-10-16)19(25)14-5-3-13(4-6-14)12-18(21(27)28)24-20(26)17-2-1-11-23-17/h3-10,17-18,23H,1-2,11-12H2,(H,24,26)(H,27,28)/t17-,18-/m0/s1. The minimum absolute atomic E-state index is 0.110. The Hall–Kier alpha value is -3.06. The third-order valence-electron chi connectivity index (χ3n) is 4.75. The van der Waals surface area contributed by atoms with Crippen LogP contribution in [0.2, 0.25) is 0 Å². The number of amides is 1. The number of aliphatic carboxylic acids is 1. The fourth-order valence-electron chi connectivity index (χ4n) is 3.18. The Kier molecular flexibility index (Phi) is 6.16. The molecule has 1 aliphatic rings. The molecule has 28 heavy (non-hydrogen) atoms. The fraction of sp³-hybridized carbons (Fsp3) is 0.286. The lowest BCUT2D eigenvalue weighted by atomic mass is 9.99. The number of halogens is 1. The number of benzene rings is 2. The lowest BCUT2D eigenvalue weighted by Crippen LogP contribution is -2.49. The first-order chi connectivity index (χ1) is 13.4. The van der Waals surface area contributed by atoms with Crippen molar-refractivity contribution in [1.82, 2.24) is 10.6 Å². The van der Waals surface area contributed by atoms with E-state index in [-0.39, 0.29) is 24.2 Å². The smallest absolute Gasteiger partial charge is 0.326 e. The van der Waals surface area contributed by atoms with Crippen LogP contribution in [0.1, 0.15) is 34.3 Å². The summed E-state index contributed by atoms with van der Waals surface area (Å²) in [5, 5.41) is 15.0. The van der Waals surface area contributed by atoms with Crippen LogP contribution in [-0.4, -0.2) is 41.4 Å². The lowest BCUT2D eigenvalue weighted by molar-refractivity contribution is -0.142. The highest BCUT2D eigenvalue weighted by molar-refractivity contribution is 6.08. The van der Waals surface area contributed by atoms with Gasteiger partial charge in [0.25, 0.3) is 0 Å². The maximum absolute atomic E-state index is 13.0. The van der Waals surface area contributed by atoms with Gasteiger partial charge in [-0.3, -0.25) is 9.59 Å². The molecule has 146 valence electrons. The van der Waals surface area contributed by atoms with Crippen LogP contribution in [0, 0.1) is 5.82 Å². The second kappa shape index (κ2) is 8.75. The zero-order valence-corrected chi connectivity index (χ0v) is 15.2. The third kappa shape index (κ3) is 4.80. The lowest BCUT2D eigenvalue weighted by Gasteiger charge is -2.17. The van der Waals surface area contributed by atoms with Crippen molar-refractivity contribution in [3.63, 3.8) is 0 Å². The highest BCUT2D eigenvalue weighted by atomic mass is 19.1. The molecule has 1 heterocycles. The number of ketones is 1. The molecule has 7 heteroatoms. The van der Waals surface area contributed by atoms with Crippen molar-refractivity contribution in [2.45, 2.75) is 31.3 Å². The third-order valence-corrected chi connectivity index (χ3v) is 4.75. The summed E-state index contributed by atoms with van der Waals surface area (Å²) in [7, 11) is 0. The van der Waals surface area contributed by atoms with E-state index < -0.39 is 17.8 Å². The van der Waals surface area contributed by atoms with Crippen molar-refractivity contribution in [3.05, 3.63) is 71.0 Å². The van der Waals surface area contributed by atoms with Crippen molar-refractivity contribution in [3.8, 4) is 0 Å². The quantitative estimate of drug-likeness (QED) is 0.634. The molecule has 1 fully saturated rings. The molecular weight excluding hydrogens is 363 g/mol. The van der Waals surface area contributed by atoms with Gasteiger partial charge in [-0.25, -0.2) is 9.18 Å². The van der Waals surface area contributed by atoms with Crippen LogP contribution < -0.4 is 10.6 Å². The molecule has 0 aromatic heterocycles. The molecule has 0 aliphatic carbocycles. The molecule has 0 spiro atoms. The predicted molar refractivity (Wildman–Crippen MR) is 101 cm³/mol. The first kappa shape index (κ1) is 19.7. The Morgan fingerprint density at radius 2 is 1.68 bits per heavy atom. The van der Waals surface area contributed by atoms with Crippen LogP contribution in [0.15, 0.2) is 48.5 Å². The zero-order valence-electron chi connectivity index (χ0n) is 15.2. The second-order valence-corrected chi connectivity index (χ2v) is 6.79. The predicted octanol–water partition coefficient (Wildman–Crippen LogP) is 1.92. The van der Waals surface area contributed by atoms with E-state index in [9.17, 15) is 23.9 Å². The van der Waals surface area contributed by atoms with E-state index in [1.807, 2.05) is 0 Å². The number of rotatable bonds is 7. The van der Waals surface area contributed by atoms with E-state index in [0.717, 1.165) is 13.0 Å². The van der Waals surface area contributed by atoms with Crippen molar-refractivity contribution in [1.29, 1.82) is 0 Å². The van der Waals surface area contributed by atoms with E-state index in [0.29, 0.717) is 23.1 Å². The van der Waals surface area contributed by atoms with Crippen LogP contribution in [0.4, 0.5) is 4.39 Å². The molecule has 0 unspecified atom stereocenters. The molecule has 0 radical (unpaired) electrons. The monoisotopic (exact) mass is 384 g/mol. The van der Waals surface area contributed by atoms with E-state index in [2.05, 4.69) is 10.6 Å². The minimum atomic E-state index is -1.11. The summed E-state index contributed by atoms with van der Waals surface area (Å²) in [5.41, 5.74) is 1.47. The number of carbonyl (C=O) groups is 3. The first-order valence-corrected chi connectivity index (χ1v) is 9.10. The van der Waals surface area contributed by atoms with Gasteiger partial charge in [-0.05, 0) is 49.2 Å². The molecule has 3 rings (SSSR count). The molecule has 1 saturated heterocycles. The summed E-state index contributed by atoms with van der Waals surface area (Å²) >= 11 is 0. The topological polar surface area (TPSA) is 95.5 Å². The Morgan fingerprint density at radius 1 is 1.07 bits per heavy atom. The number of hydrogen-bond acceptors (Lipinski definition) is 4. The Balaban J connectivity index is 1.65. The van der Waals surface area contributed by atoms with Gasteiger partial charge in [0.15, 0.2) is 5.78 Å². The van der Waals surface area contributed by atoms with Gasteiger partial charge in [0.2, 0.25) is 5.91 Å². The van der Waals surface area contributed by atoms with Gasteiger partial charge >= 0.3 is 5.97 Å². The van der Waals surface area contributed by atoms with E-state index >= 15 is 0 Å². The highest BCUT2D eigenvalue weighted by Crippen LogP contribution is 2.14. The molecule has 0 bridgehead atoms. The SMILES string of the molecule is O=C(c1ccc(F)cc1)c1ccc(C[C@H](NC(=O)[C@@H]2CCCN2)C(=O)O)cc1. The summed E-state index contributed by atoms with van der Waals surface area (Å²) in [6, 6.07) is 10.4. The molecule has 3 N–H and O–H groups in total.